The Hall–Kier alpha value is -2.01. The quantitative estimate of drug-likeness (QED) is 0.896. The summed E-state index contributed by atoms with van der Waals surface area (Å²) in [4.78, 5) is 16.8. The third-order valence-electron chi connectivity index (χ3n) is 4.18. The number of carbonyl (C=O) groups is 1. The van der Waals surface area contributed by atoms with Crippen LogP contribution in [0.2, 0.25) is 0 Å². The number of aromatic nitrogens is 1. The van der Waals surface area contributed by atoms with Gasteiger partial charge in [-0.25, -0.2) is 4.39 Å². The Balaban J connectivity index is 1.87. The Kier molecular flexibility index (Phi) is 4.07. The van der Waals surface area contributed by atoms with E-state index in [0.717, 1.165) is 12.8 Å². The molecule has 1 fully saturated rings. The Labute approximate surface area is 128 Å². The fraction of sp³-hybridized carbons (Fsp3) is 0.412. The molecule has 4 nitrogen and oxygen atoms in total. The van der Waals surface area contributed by atoms with E-state index in [2.05, 4.69) is 10.3 Å². The number of hydrogen-bond donors (Lipinski definition) is 2. The van der Waals surface area contributed by atoms with Crippen LogP contribution >= 0.6 is 0 Å². The molecule has 0 spiro atoms. The predicted molar refractivity (Wildman–Crippen MR) is 82.2 cm³/mol. The molecule has 0 unspecified atom stereocenters. The van der Waals surface area contributed by atoms with Gasteiger partial charge in [-0.15, -0.1) is 0 Å². The summed E-state index contributed by atoms with van der Waals surface area (Å²) in [5.41, 5.74) is 1.69. The molecule has 1 saturated carbocycles. The molecule has 1 heterocycles. The second-order valence-electron chi connectivity index (χ2n) is 5.95. The first kappa shape index (κ1) is 14.9. The lowest BCUT2D eigenvalue weighted by Gasteiger charge is -2.26. The van der Waals surface area contributed by atoms with Gasteiger partial charge >= 0.3 is 0 Å². The molecule has 1 aromatic heterocycles. The zero-order valence-electron chi connectivity index (χ0n) is 12.5. The highest BCUT2D eigenvalue weighted by Crippen LogP contribution is 2.22. The van der Waals surface area contributed by atoms with Crippen LogP contribution in [-0.2, 0) is 0 Å². The van der Waals surface area contributed by atoms with Gasteiger partial charge in [-0.1, -0.05) is 0 Å². The van der Waals surface area contributed by atoms with Gasteiger partial charge in [-0.2, -0.15) is 0 Å². The fourth-order valence-electron chi connectivity index (χ4n) is 3.01. The molecular formula is C17H19FN2O2. The molecule has 5 heteroatoms. The Bertz CT molecular complexity index is 704. The summed E-state index contributed by atoms with van der Waals surface area (Å²) >= 11 is 0. The van der Waals surface area contributed by atoms with Crippen molar-refractivity contribution in [2.75, 3.05) is 0 Å². The number of fused-ring (bicyclic) bond motifs is 1. The Morgan fingerprint density at radius 2 is 2.00 bits per heavy atom. The van der Waals surface area contributed by atoms with Gasteiger partial charge in [0.15, 0.2) is 0 Å². The molecule has 116 valence electrons. The molecule has 0 saturated heterocycles. The average molecular weight is 302 g/mol. The van der Waals surface area contributed by atoms with Crippen LogP contribution in [0.4, 0.5) is 4.39 Å². The number of aliphatic hydroxyl groups excluding tert-OH is 1. The third kappa shape index (κ3) is 3.09. The van der Waals surface area contributed by atoms with Crippen molar-refractivity contribution in [3.63, 3.8) is 0 Å². The molecular weight excluding hydrogens is 283 g/mol. The first-order valence-electron chi connectivity index (χ1n) is 7.59. The maximum absolute atomic E-state index is 13.3. The van der Waals surface area contributed by atoms with Gasteiger partial charge in [0.05, 0.1) is 17.2 Å². The maximum Gasteiger partial charge on any atom is 0.252 e. The van der Waals surface area contributed by atoms with Crippen molar-refractivity contribution in [3.8, 4) is 0 Å². The second-order valence-corrected chi connectivity index (χ2v) is 5.95. The standard InChI is InChI=1S/C17H19FN2O2/c1-10-8-15(14-7-2-11(18)9-16(14)19-10)17(22)20-12-3-5-13(21)6-4-12/h2,7-9,12-13,21H,3-6H2,1H3,(H,20,22). The zero-order chi connectivity index (χ0) is 15.7. The number of benzene rings is 1. The van der Waals surface area contributed by atoms with Gasteiger partial charge in [0.2, 0.25) is 0 Å². The largest absolute Gasteiger partial charge is 0.393 e. The number of pyridine rings is 1. The number of amides is 1. The summed E-state index contributed by atoms with van der Waals surface area (Å²) in [7, 11) is 0. The van der Waals surface area contributed by atoms with Gasteiger partial charge < -0.3 is 10.4 Å². The van der Waals surface area contributed by atoms with Crippen molar-refractivity contribution in [1.29, 1.82) is 0 Å². The van der Waals surface area contributed by atoms with Crippen LogP contribution < -0.4 is 5.32 Å². The van der Waals surface area contributed by atoms with Crippen molar-refractivity contribution in [2.45, 2.75) is 44.8 Å². The monoisotopic (exact) mass is 302 g/mol. The summed E-state index contributed by atoms with van der Waals surface area (Å²) in [6.07, 6.45) is 2.74. The van der Waals surface area contributed by atoms with E-state index in [0.29, 0.717) is 35.0 Å². The first-order chi connectivity index (χ1) is 10.5. The van der Waals surface area contributed by atoms with Crippen molar-refractivity contribution >= 4 is 16.8 Å². The van der Waals surface area contributed by atoms with Gasteiger partial charge in [-0.3, -0.25) is 9.78 Å². The lowest BCUT2D eigenvalue weighted by Crippen LogP contribution is -2.38. The van der Waals surface area contributed by atoms with Crippen LogP contribution in [-0.4, -0.2) is 28.1 Å². The van der Waals surface area contributed by atoms with Crippen LogP contribution in [0.1, 0.15) is 41.7 Å². The molecule has 3 rings (SSSR count). The molecule has 22 heavy (non-hydrogen) atoms. The van der Waals surface area contributed by atoms with Crippen molar-refractivity contribution in [2.24, 2.45) is 0 Å². The molecule has 2 aromatic rings. The number of rotatable bonds is 2. The fourth-order valence-corrected chi connectivity index (χ4v) is 3.01. The second kappa shape index (κ2) is 6.01. The summed E-state index contributed by atoms with van der Waals surface area (Å²) < 4.78 is 13.3. The molecule has 1 amide bonds. The number of hydrogen-bond acceptors (Lipinski definition) is 3. The van der Waals surface area contributed by atoms with E-state index in [4.69, 9.17) is 0 Å². The van der Waals surface area contributed by atoms with Crippen LogP contribution in [0.25, 0.3) is 10.9 Å². The molecule has 1 aliphatic rings. The van der Waals surface area contributed by atoms with Crippen molar-refractivity contribution in [1.82, 2.24) is 10.3 Å². The van der Waals surface area contributed by atoms with E-state index in [1.54, 1.807) is 19.1 Å². The van der Waals surface area contributed by atoms with Crippen molar-refractivity contribution in [3.05, 3.63) is 41.3 Å². The number of carbonyl (C=O) groups excluding carboxylic acids is 1. The molecule has 0 radical (unpaired) electrons. The Morgan fingerprint density at radius 3 is 2.73 bits per heavy atom. The lowest BCUT2D eigenvalue weighted by atomic mass is 9.93. The summed E-state index contributed by atoms with van der Waals surface area (Å²) in [5.74, 6) is -0.526. The third-order valence-corrected chi connectivity index (χ3v) is 4.18. The highest BCUT2D eigenvalue weighted by atomic mass is 19.1. The number of nitrogens with one attached hydrogen (secondary N) is 1. The molecule has 1 aromatic carbocycles. The number of nitrogens with zero attached hydrogens (tertiary/aromatic N) is 1. The summed E-state index contributed by atoms with van der Waals surface area (Å²) in [5, 5.41) is 13.2. The molecule has 1 aliphatic carbocycles. The number of halogens is 1. The number of aliphatic hydroxyl groups is 1. The smallest absolute Gasteiger partial charge is 0.252 e. The van der Waals surface area contributed by atoms with Crippen LogP contribution in [0.3, 0.4) is 0 Å². The van der Waals surface area contributed by atoms with E-state index < -0.39 is 0 Å². The van der Waals surface area contributed by atoms with Crippen LogP contribution in [0.15, 0.2) is 24.3 Å². The van der Waals surface area contributed by atoms with Gasteiger partial charge in [-0.05, 0) is 50.8 Å². The molecule has 0 bridgehead atoms. The van der Waals surface area contributed by atoms with E-state index in [1.165, 1.54) is 12.1 Å². The minimum Gasteiger partial charge on any atom is -0.393 e. The van der Waals surface area contributed by atoms with E-state index >= 15 is 0 Å². The maximum atomic E-state index is 13.3. The zero-order valence-corrected chi connectivity index (χ0v) is 12.5. The first-order valence-corrected chi connectivity index (χ1v) is 7.59. The van der Waals surface area contributed by atoms with Crippen LogP contribution in [0, 0.1) is 12.7 Å². The van der Waals surface area contributed by atoms with Gasteiger partial charge in [0, 0.05) is 23.2 Å². The van der Waals surface area contributed by atoms with E-state index in [-0.39, 0.29) is 23.9 Å². The highest BCUT2D eigenvalue weighted by Gasteiger charge is 2.22. The van der Waals surface area contributed by atoms with E-state index in [9.17, 15) is 14.3 Å². The minimum atomic E-state index is -0.363. The Morgan fingerprint density at radius 1 is 1.27 bits per heavy atom. The summed E-state index contributed by atoms with van der Waals surface area (Å²) in [6.45, 7) is 1.79. The van der Waals surface area contributed by atoms with Crippen molar-refractivity contribution < 1.29 is 14.3 Å². The predicted octanol–water partition coefficient (Wildman–Crippen LogP) is 2.72. The molecule has 2 N–H and O–H groups in total. The molecule has 0 atom stereocenters. The van der Waals surface area contributed by atoms with Gasteiger partial charge in [0.1, 0.15) is 5.82 Å². The highest BCUT2D eigenvalue weighted by molar-refractivity contribution is 6.06. The number of aryl methyl sites for hydroxylation is 1. The summed E-state index contributed by atoms with van der Waals surface area (Å²) in [6, 6.07) is 6.09. The average Bonchev–Trinajstić information content (AvgIpc) is 2.48. The topological polar surface area (TPSA) is 62.2 Å². The van der Waals surface area contributed by atoms with E-state index in [1.807, 2.05) is 0 Å². The van der Waals surface area contributed by atoms with Crippen LogP contribution in [0.5, 0.6) is 0 Å². The minimum absolute atomic E-state index is 0.0832. The van der Waals surface area contributed by atoms with Gasteiger partial charge in [0.25, 0.3) is 5.91 Å². The SMILES string of the molecule is Cc1cc(C(=O)NC2CCC(O)CC2)c2ccc(F)cc2n1. The normalized spacial score (nSPS) is 21.8. The molecule has 0 aliphatic heterocycles. The lowest BCUT2D eigenvalue weighted by molar-refractivity contribution is 0.0869.